The van der Waals surface area contributed by atoms with Crippen LogP contribution in [0.25, 0.3) is 16.8 Å². The van der Waals surface area contributed by atoms with Crippen molar-refractivity contribution in [3.05, 3.63) is 75.5 Å². The first-order valence-electron chi connectivity index (χ1n) is 8.79. The zero-order valence-electron chi connectivity index (χ0n) is 15.7. The van der Waals surface area contributed by atoms with Crippen LogP contribution in [0, 0.1) is 5.82 Å². The van der Waals surface area contributed by atoms with E-state index in [9.17, 15) is 14.0 Å². The fourth-order valence-corrected chi connectivity index (χ4v) is 3.16. The van der Waals surface area contributed by atoms with E-state index < -0.39 is 17.3 Å². The second-order valence-corrected chi connectivity index (χ2v) is 7.27. The second-order valence-electron chi connectivity index (χ2n) is 6.36. The Hall–Kier alpha value is -3.53. The molecule has 2 heterocycles. The summed E-state index contributed by atoms with van der Waals surface area (Å²) in [4.78, 5) is 25.0. The van der Waals surface area contributed by atoms with Crippen molar-refractivity contribution in [1.29, 1.82) is 0 Å². The molecule has 30 heavy (non-hydrogen) atoms. The number of anilines is 1. The maximum atomic E-state index is 13.8. The van der Waals surface area contributed by atoms with Crippen LogP contribution in [0.5, 0.6) is 5.75 Å². The van der Waals surface area contributed by atoms with Gasteiger partial charge in [0.15, 0.2) is 11.6 Å². The maximum absolute atomic E-state index is 13.8. The number of ether oxygens (including phenoxy) is 1. The first kappa shape index (κ1) is 19.8. The highest BCUT2D eigenvalue weighted by Gasteiger charge is 2.13. The van der Waals surface area contributed by atoms with E-state index in [0.717, 1.165) is 20.8 Å². The average Bonchev–Trinajstić information content (AvgIpc) is 3.16. The number of benzene rings is 2. The van der Waals surface area contributed by atoms with Gasteiger partial charge in [-0.05, 0) is 30.3 Å². The van der Waals surface area contributed by atoms with Gasteiger partial charge in [0.2, 0.25) is 5.91 Å². The first-order valence-corrected chi connectivity index (χ1v) is 9.59. The van der Waals surface area contributed by atoms with Gasteiger partial charge in [0, 0.05) is 21.8 Å². The molecule has 0 atom stereocenters. The van der Waals surface area contributed by atoms with Gasteiger partial charge >= 0.3 is 0 Å². The summed E-state index contributed by atoms with van der Waals surface area (Å²) in [7, 11) is 1.35. The third-order valence-electron chi connectivity index (χ3n) is 4.36. The Morgan fingerprint density at radius 1 is 1.20 bits per heavy atom. The Bertz CT molecular complexity index is 1300. The van der Waals surface area contributed by atoms with E-state index in [0.29, 0.717) is 5.69 Å². The lowest BCUT2D eigenvalue weighted by atomic mass is 10.1. The van der Waals surface area contributed by atoms with Gasteiger partial charge in [0.1, 0.15) is 18.4 Å². The van der Waals surface area contributed by atoms with Gasteiger partial charge in [0.05, 0.1) is 12.8 Å². The molecule has 2 aromatic carbocycles. The molecule has 10 heteroatoms. The van der Waals surface area contributed by atoms with E-state index in [1.165, 1.54) is 30.1 Å². The molecule has 1 N–H and O–H groups in total. The lowest BCUT2D eigenvalue weighted by Crippen LogP contribution is -2.30. The Balaban J connectivity index is 1.56. The van der Waals surface area contributed by atoms with Crippen LogP contribution >= 0.6 is 15.9 Å². The summed E-state index contributed by atoms with van der Waals surface area (Å²) in [6, 6.07) is 13.2. The highest BCUT2D eigenvalue weighted by atomic mass is 79.9. The molecule has 0 bridgehead atoms. The fraction of sp³-hybridized carbons (Fsp3) is 0.100. The quantitative estimate of drug-likeness (QED) is 0.482. The van der Waals surface area contributed by atoms with Gasteiger partial charge in [-0.25, -0.2) is 13.6 Å². The topological polar surface area (TPSA) is 90.5 Å². The Kier molecular flexibility index (Phi) is 5.32. The van der Waals surface area contributed by atoms with Crippen molar-refractivity contribution in [2.45, 2.75) is 6.54 Å². The van der Waals surface area contributed by atoms with Crippen LogP contribution in [0.4, 0.5) is 10.1 Å². The van der Waals surface area contributed by atoms with Gasteiger partial charge in [-0.3, -0.25) is 9.59 Å². The molecule has 4 rings (SSSR count). The summed E-state index contributed by atoms with van der Waals surface area (Å²) < 4.78 is 21.9. The minimum absolute atomic E-state index is 0.0682. The lowest BCUT2D eigenvalue weighted by Gasteiger charge is -2.08. The maximum Gasteiger partial charge on any atom is 0.293 e. The Labute approximate surface area is 178 Å². The van der Waals surface area contributed by atoms with Crippen molar-refractivity contribution in [2.24, 2.45) is 0 Å². The normalized spacial score (nSPS) is 10.9. The fourth-order valence-electron chi connectivity index (χ4n) is 2.89. The number of hydrogen-bond donors (Lipinski definition) is 1. The van der Waals surface area contributed by atoms with E-state index in [-0.39, 0.29) is 23.5 Å². The molecular formula is C20H15BrFN5O3. The third kappa shape index (κ3) is 3.94. The van der Waals surface area contributed by atoms with Crippen molar-refractivity contribution in [3.8, 4) is 17.0 Å². The van der Waals surface area contributed by atoms with Gasteiger partial charge in [0.25, 0.3) is 5.56 Å². The highest BCUT2D eigenvalue weighted by molar-refractivity contribution is 9.10. The smallest absolute Gasteiger partial charge is 0.293 e. The van der Waals surface area contributed by atoms with E-state index in [2.05, 4.69) is 31.4 Å². The molecule has 0 saturated carbocycles. The molecule has 1 amide bonds. The zero-order chi connectivity index (χ0) is 21.3. The minimum atomic E-state index is -0.605. The summed E-state index contributed by atoms with van der Waals surface area (Å²) in [5.74, 6) is -1.06. The molecule has 4 aromatic rings. The molecule has 0 fully saturated rings. The monoisotopic (exact) mass is 471 g/mol. The molecule has 0 spiro atoms. The van der Waals surface area contributed by atoms with Crippen molar-refractivity contribution >= 4 is 33.0 Å². The SMILES string of the molecule is COc1ccc(NC(=O)Cn2ncn3nc(-c4ccc(Br)cc4)cc3c2=O)cc1F. The van der Waals surface area contributed by atoms with Gasteiger partial charge in [-0.2, -0.15) is 10.2 Å². The number of nitrogens with one attached hydrogen (secondary N) is 1. The third-order valence-corrected chi connectivity index (χ3v) is 4.89. The van der Waals surface area contributed by atoms with E-state index >= 15 is 0 Å². The van der Waals surface area contributed by atoms with Crippen LogP contribution < -0.4 is 15.6 Å². The second kappa shape index (κ2) is 8.07. The van der Waals surface area contributed by atoms with Crippen molar-refractivity contribution in [2.75, 3.05) is 12.4 Å². The molecule has 0 saturated heterocycles. The number of carbonyl (C=O) groups is 1. The largest absolute Gasteiger partial charge is 0.494 e. The van der Waals surface area contributed by atoms with Crippen LogP contribution in [-0.4, -0.2) is 32.4 Å². The molecular weight excluding hydrogens is 457 g/mol. The van der Waals surface area contributed by atoms with Crippen molar-refractivity contribution in [3.63, 3.8) is 0 Å². The summed E-state index contributed by atoms with van der Waals surface area (Å²) in [5.41, 5.74) is 1.51. The number of fused-ring (bicyclic) bond motifs is 1. The van der Waals surface area contributed by atoms with Gasteiger partial charge in [-0.15, -0.1) is 0 Å². The minimum Gasteiger partial charge on any atom is -0.494 e. The number of methoxy groups -OCH3 is 1. The molecule has 0 aliphatic carbocycles. The summed E-state index contributed by atoms with van der Waals surface area (Å²) in [6.45, 7) is -0.332. The van der Waals surface area contributed by atoms with Crippen molar-refractivity contribution in [1.82, 2.24) is 19.4 Å². The van der Waals surface area contributed by atoms with Crippen molar-refractivity contribution < 1.29 is 13.9 Å². The summed E-state index contributed by atoms with van der Waals surface area (Å²) >= 11 is 3.38. The molecule has 152 valence electrons. The number of hydrogen-bond acceptors (Lipinski definition) is 5. The first-order chi connectivity index (χ1) is 14.4. The predicted molar refractivity (Wildman–Crippen MR) is 112 cm³/mol. The molecule has 0 aliphatic rings. The Morgan fingerprint density at radius 2 is 1.97 bits per heavy atom. The lowest BCUT2D eigenvalue weighted by molar-refractivity contribution is -0.117. The average molecular weight is 472 g/mol. The summed E-state index contributed by atoms with van der Waals surface area (Å²) in [6.07, 6.45) is 1.36. The van der Waals surface area contributed by atoms with Crippen LogP contribution in [-0.2, 0) is 11.3 Å². The van der Waals surface area contributed by atoms with Gasteiger partial charge in [-0.1, -0.05) is 28.1 Å². The number of carbonyl (C=O) groups excluding carboxylic acids is 1. The number of halogens is 2. The van der Waals surface area contributed by atoms with Crippen LogP contribution in [0.1, 0.15) is 0 Å². The highest BCUT2D eigenvalue weighted by Crippen LogP contribution is 2.21. The van der Waals surface area contributed by atoms with E-state index in [1.54, 1.807) is 6.07 Å². The summed E-state index contributed by atoms with van der Waals surface area (Å²) in [5, 5.41) is 10.9. The number of rotatable bonds is 5. The van der Waals surface area contributed by atoms with Crippen LogP contribution in [0.2, 0.25) is 0 Å². The predicted octanol–water partition coefficient (Wildman–Crippen LogP) is 3.11. The molecule has 0 unspecified atom stereocenters. The molecule has 2 aromatic heterocycles. The number of amides is 1. The van der Waals surface area contributed by atoms with Crippen LogP contribution in [0.3, 0.4) is 0 Å². The molecule has 0 aliphatic heterocycles. The number of nitrogens with zero attached hydrogens (tertiary/aromatic N) is 4. The van der Waals surface area contributed by atoms with Crippen LogP contribution in [0.15, 0.2) is 64.1 Å². The zero-order valence-corrected chi connectivity index (χ0v) is 17.3. The van der Waals surface area contributed by atoms with E-state index in [1.807, 2.05) is 24.3 Å². The molecule has 0 radical (unpaired) electrons. The Morgan fingerprint density at radius 3 is 2.67 bits per heavy atom. The number of aromatic nitrogens is 4. The molecule has 8 nitrogen and oxygen atoms in total. The van der Waals surface area contributed by atoms with E-state index in [4.69, 9.17) is 4.74 Å². The van der Waals surface area contributed by atoms with Gasteiger partial charge < -0.3 is 10.1 Å². The standard InChI is InChI=1S/C20H15BrFN5O3/c1-30-18-7-6-14(8-15(18)22)24-19(28)10-26-20(29)17-9-16(25-27(17)11-23-26)12-2-4-13(21)5-3-12/h2-9,11H,10H2,1H3,(H,24,28).